The first-order valence-corrected chi connectivity index (χ1v) is 3.88. The molecule has 0 aromatic rings. The van der Waals surface area contributed by atoms with Crippen molar-refractivity contribution in [3.63, 3.8) is 0 Å². The molecule has 1 aliphatic rings. The first-order chi connectivity index (χ1) is 6.22. The molecule has 13 heavy (non-hydrogen) atoms. The van der Waals surface area contributed by atoms with Gasteiger partial charge in [-0.3, -0.25) is 4.99 Å². The fraction of sp³-hybridized carbons (Fsp3) is 0.222. The number of nitrogens with zero attached hydrogens (tertiary/aromatic N) is 1. The molecule has 1 rings (SSSR count). The Hall–Kier alpha value is -1.58. The van der Waals surface area contributed by atoms with Crippen LogP contribution in [0.5, 0.6) is 0 Å². The van der Waals surface area contributed by atoms with Crippen LogP contribution < -0.4 is 5.73 Å². The average molecular weight is 182 g/mol. The number of aliphatic hydroxyl groups excluding tert-OH is 1. The fourth-order valence-electron chi connectivity index (χ4n) is 0.911. The summed E-state index contributed by atoms with van der Waals surface area (Å²) in [5.74, 6) is -0.133. The van der Waals surface area contributed by atoms with Gasteiger partial charge in [-0.15, -0.1) is 0 Å². The van der Waals surface area contributed by atoms with Crippen LogP contribution in [0.3, 0.4) is 0 Å². The summed E-state index contributed by atoms with van der Waals surface area (Å²) < 4.78 is 12.7. The normalized spacial score (nSPS) is 23.6. The van der Waals surface area contributed by atoms with E-state index in [1.54, 1.807) is 12.2 Å². The number of alkyl halides is 1. The molecule has 1 unspecified atom stereocenters. The summed E-state index contributed by atoms with van der Waals surface area (Å²) >= 11 is 0. The first kappa shape index (κ1) is 9.51. The molecule has 0 aromatic carbocycles. The van der Waals surface area contributed by atoms with Crippen LogP contribution in [-0.4, -0.2) is 17.5 Å². The van der Waals surface area contributed by atoms with Crippen LogP contribution in [-0.2, 0) is 0 Å². The molecule has 1 atom stereocenters. The largest absolute Gasteiger partial charge is 0.505 e. The number of hydrogen-bond donors (Lipinski definition) is 2. The first-order valence-electron chi connectivity index (χ1n) is 3.88. The van der Waals surface area contributed by atoms with Gasteiger partial charge in [-0.05, 0) is 6.08 Å². The minimum atomic E-state index is -0.985. The van der Waals surface area contributed by atoms with Crippen LogP contribution in [0, 0.1) is 0 Å². The van der Waals surface area contributed by atoms with Crippen molar-refractivity contribution in [1.82, 2.24) is 0 Å². The van der Waals surface area contributed by atoms with Gasteiger partial charge in [-0.2, -0.15) is 0 Å². The SMILES string of the molecule is NC=C(O)C=NC1=CC=CC(F)C1. The van der Waals surface area contributed by atoms with E-state index in [9.17, 15) is 4.39 Å². The predicted octanol–water partition coefficient (Wildman–Crippen LogP) is 1.60. The summed E-state index contributed by atoms with van der Waals surface area (Å²) in [7, 11) is 0. The zero-order valence-corrected chi connectivity index (χ0v) is 7.02. The lowest BCUT2D eigenvalue weighted by atomic mass is 10.1. The quantitative estimate of drug-likeness (QED) is 0.503. The van der Waals surface area contributed by atoms with E-state index in [2.05, 4.69) is 4.99 Å². The van der Waals surface area contributed by atoms with Gasteiger partial charge < -0.3 is 10.8 Å². The van der Waals surface area contributed by atoms with Gasteiger partial charge in [0, 0.05) is 18.3 Å². The maximum Gasteiger partial charge on any atom is 0.149 e. The Morgan fingerprint density at radius 3 is 3.15 bits per heavy atom. The van der Waals surface area contributed by atoms with Gasteiger partial charge in [0.15, 0.2) is 0 Å². The highest BCUT2D eigenvalue weighted by Crippen LogP contribution is 2.15. The molecule has 0 aliphatic heterocycles. The van der Waals surface area contributed by atoms with Gasteiger partial charge in [0.1, 0.15) is 11.9 Å². The van der Waals surface area contributed by atoms with Gasteiger partial charge in [-0.1, -0.05) is 12.2 Å². The number of halogens is 1. The van der Waals surface area contributed by atoms with E-state index in [4.69, 9.17) is 10.8 Å². The molecule has 0 fully saturated rings. The molecule has 3 nitrogen and oxygen atoms in total. The van der Waals surface area contributed by atoms with Crippen molar-refractivity contribution in [1.29, 1.82) is 0 Å². The molecule has 3 N–H and O–H groups in total. The highest BCUT2D eigenvalue weighted by atomic mass is 19.1. The van der Waals surface area contributed by atoms with E-state index >= 15 is 0 Å². The molecule has 0 saturated heterocycles. The maximum absolute atomic E-state index is 12.7. The highest BCUT2D eigenvalue weighted by Gasteiger charge is 2.07. The van der Waals surface area contributed by atoms with Crippen LogP contribution in [0.15, 0.2) is 40.9 Å². The van der Waals surface area contributed by atoms with E-state index in [1.165, 1.54) is 12.3 Å². The number of allylic oxidation sites excluding steroid dienone is 5. The number of aliphatic hydroxyl groups is 1. The number of aliphatic imine (C=N–C) groups is 1. The van der Waals surface area contributed by atoms with Gasteiger partial charge in [0.2, 0.25) is 0 Å². The third kappa shape index (κ3) is 3.11. The zero-order chi connectivity index (χ0) is 9.68. The van der Waals surface area contributed by atoms with E-state index in [0.717, 1.165) is 6.20 Å². The maximum atomic E-state index is 12.7. The van der Waals surface area contributed by atoms with Crippen LogP contribution in [0.4, 0.5) is 4.39 Å². The Bertz CT molecular complexity index is 292. The van der Waals surface area contributed by atoms with Crippen molar-refractivity contribution in [3.05, 3.63) is 35.9 Å². The molecule has 0 aromatic heterocycles. The molecule has 70 valence electrons. The average Bonchev–Trinajstić information content (AvgIpc) is 2.14. The smallest absolute Gasteiger partial charge is 0.149 e. The molecule has 0 saturated carbocycles. The molecular formula is C9H11FN2O. The van der Waals surface area contributed by atoms with Gasteiger partial charge in [0.25, 0.3) is 0 Å². The lowest BCUT2D eigenvalue weighted by Crippen LogP contribution is -2.00. The van der Waals surface area contributed by atoms with Crippen LogP contribution in [0.2, 0.25) is 0 Å². The molecule has 0 amide bonds. The van der Waals surface area contributed by atoms with E-state index in [0.29, 0.717) is 5.70 Å². The van der Waals surface area contributed by atoms with Crippen molar-refractivity contribution in [2.75, 3.05) is 0 Å². The second-order valence-corrected chi connectivity index (χ2v) is 2.61. The minimum absolute atomic E-state index is 0.133. The third-order valence-electron chi connectivity index (χ3n) is 1.55. The zero-order valence-electron chi connectivity index (χ0n) is 7.02. The van der Waals surface area contributed by atoms with Crippen molar-refractivity contribution >= 4 is 6.21 Å². The predicted molar refractivity (Wildman–Crippen MR) is 50.1 cm³/mol. The Morgan fingerprint density at radius 2 is 2.54 bits per heavy atom. The number of hydrogen-bond acceptors (Lipinski definition) is 3. The summed E-state index contributed by atoms with van der Waals surface area (Å²) in [6, 6.07) is 0. The van der Waals surface area contributed by atoms with Crippen molar-refractivity contribution in [2.45, 2.75) is 12.6 Å². The lowest BCUT2D eigenvalue weighted by molar-refractivity contribution is 0.394. The Labute approximate surface area is 75.8 Å². The molecule has 0 spiro atoms. The second kappa shape index (κ2) is 4.45. The summed E-state index contributed by atoms with van der Waals surface area (Å²) in [5, 5.41) is 8.90. The molecule has 4 heteroatoms. The monoisotopic (exact) mass is 182 g/mol. The summed E-state index contributed by atoms with van der Waals surface area (Å²) in [4.78, 5) is 3.85. The van der Waals surface area contributed by atoms with Crippen molar-refractivity contribution in [2.24, 2.45) is 10.7 Å². The standard InChI is InChI=1S/C9H11FN2O/c10-7-2-1-3-8(4-7)12-6-9(13)5-11/h1-3,5-7,13H,4,11H2. The highest BCUT2D eigenvalue weighted by molar-refractivity contribution is 5.76. The third-order valence-corrected chi connectivity index (χ3v) is 1.55. The summed E-state index contributed by atoms with van der Waals surface area (Å²) in [5.41, 5.74) is 5.59. The van der Waals surface area contributed by atoms with Crippen LogP contribution in [0.25, 0.3) is 0 Å². The minimum Gasteiger partial charge on any atom is -0.505 e. The van der Waals surface area contributed by atoms with Crippen LogP contribution in [0.1, 0.15) is 6.42 Å². The van der Waals surface area contributed by atoms with Crippen molar-refractivity contribution in [3.8, 4) is 0 Å². The second-order valence-electron chi connectivity index (χ2n) is 2.61. The summed E-state index contributed by atoms with van der Waals surface area (Å²) in [6.45, 7) is 0. The molecule has 0 bridgehead atoms. The van der Waals surface area contributed by atoms with E-state index < -0.39 is 6.17 Å². The fourth-order valence-corrected chi connectivity index (χ4v) is 0.911. The van der Waals surface area contributed by atoms with E-state index in [-0.39, 0.29) is 12.2 Å². The lowest BCUT2D eigenvalue weighted by Gasteiger charge is -2.06. The number of nitrogens with two attached hydrogens (primary N) is 1. The number of rotatable bonds is 2. The molecule has 0 radical (unpaired) electrons. The van der Waals surface area contributed by atoms with Gasteiger partial charge >= 0.3 is 0 Å². The molecule has 1 aliphatic carbocycles. The van der Waals surface area contributed by atoms with Crippen LogP contribution >= 0.6 is 0 Å². The molecule has 0 heterocycles. The Kier molecular flexibility index (Phi) is 3.25. The van der Waals surface area contributed by atoms with Gasteiger partial charge in [0.05, 0.1) is 6.21 Å². The Morgan fingerprint density at radius 1 is 1.77 bits per heavy atom. The van der Waals surface area contributed by atoms with E-state index in [1.807, 2.05) is 0 Å². The summed E-state index contributed by atoms with van der Waals surface area (Å²) in [6.07, 6.45) is 6.22. The molecular weight excluding hydrogens is 171 g/mol. The topological polar surface area (TPSA) is 58.6 Å². The Balaban J connectivity index is 2.60. The van der Waals surface area contributed by atoms with Gasteiger partial charge in [-0.25, -0.2) is 4.39 Å². The van der Waals surface area contributed by atoms with Crippen molar-refractivity contribution < 1.29 is 9.50 Å².